The lowest BCUT2D eigenvalue weighted by Gasteiger charge is -2.34. The highest BCUT2D eigenvalue weighted by molar-refractivity contribution is 5.47. The van der Waals surface area contributed by atoms with E-state index in [1.54, 1.807) is 0 Å². The van der Waals surface area contributed by atoms with Crippen molar-refractivity contribution >= 4 is 11.4 Å². The summed E-state index contributed by atoms with van der Waals surface area (Å²) in [7, 11) is 4.91. The molecule has 2 nitrogen and oxygen atoms in total. The topological polar surface area (TPSA) is 0 Å². The fraction of sp³-hybridized carbons (Fsp3) is 0.657. The van der Waals surface area contributed by atoms with Crippen LogP contribution in [0.15, 0.2) is 48.5 Å². The summed E-state index contributed by atoms with van der Waals surface area (Å²) in [5.41, 5.74) is 5.82. The van der Waals surface area contributed by atoms with Crippen LogP contribution in [0.3, 0.4) is 0 Å². The van der Waals surface area contributed by atoms with E-state index in [0.29, 0.717) is 0 Å². The van der Waals surface area contributed by atoms with Gasteiger partial charge in [-0.2, -0.15) is 0 Å². The first-order valence-corrected chi connectivity index (χ1v) is 15.8. The fourth-order valence-corrected chi connectivity index (χ4v) is 5.77. The summed E-state index contributed by atoms with van der Waals surface area (Å²) < 4.78 is 2.17. The SMILES string of the molecule is CCCCC[N+](C)(CCCCC)c1ccc(Cc2ccc([N+](C)(CCCCC)CCCCC)cc2)cc1. The summed E-state index contributed by atoms with van der Waals surface area (Å²) in [5, 5.41) is 0. The number of hydrogen-bond donors (Lipinski definition) is 0. The smallest absolute Gasteiger partial charge is 0.132 e. The maximum Gasteiger partial charge on any atom is 0.132 e. The van der Waals surface area contributed by atoms with Gasteiger partial charge >= 0.3 is 0 Å². The molecule has 0 bridgehead atoms. The molecule has 2 rings (SSSR count). The summed E-state index contributed by atoms with van der Waals surface area (Å²) >= 11 is 0. The lowest BCUT2D eigenvalue weighted by atomic mass is 10.0. The number of quaternary nitrogens is 2. The largest absolute Gasteiger partial charge is 0.294 e. The van der Waals surface area contributed by atoms with E-state index in [2.05, 4.69) is 90.3 Å². The Morgan fingerprint density at radius 3 is 0.919 bits per heavy atom. The predicted molar refractivity (Wildman–Crippen MR) is 169 cm³/mol. The Morgan fingerprint density at radius 2 is 0.676 bits per heavy atom. The maximum atomic E-state index is 2.45. The van der Waals surface area contributed by atoms with Crippen LogP contribution in [-0.4, -0.2) is 40.3 Å². The summed E-state index contributed by atoms with van der Waals surface area (Å²) in [6.07, 6.45) is 16.8. The van der Waals surface area contributed by atoms with Gasteiger partial charge in [0.2, 0.25) is 0 Å². The van der Waals surface area contributed by atoms with Gasteiger partial charge in [-0.05, 0) is 93.2 Å². The summed E-state index contributed by atoms with van der Waals surface area (Å²) in [5.74, 6) is 0. The lowest BCUT2D eigenvalue weighted by molar-refractivity contribution is 0.313. The summed E-state index contributed by atoms with van der Waals surface area (Å²) in [6, 6.07) is 19.2. The van der Waals surface area contributed by atoms with E-state index in [9.17, 15) is 0 Å². The highest BCUT2D eigenvalue weighted by atomic mass is 15.3. The minimum Gasteiger partial charge on any atom is -0.294 e. The van der Waals surface area contributed by atoms with E-state index in [1.807, 2.05) is 0 Å². The average Bonchev–Trinajstić information content (AvgIpc) is 2.90. The van der Waals surface area contributed by atoms with Gasteiger partial charge in [-0.15, -0.1) is 0 Å². The first kappa shape index (κ1) is 31.6. The zero-order valence-electron chi connectivity index (χ0n) is 25.5. The minimum absolute atomic E-state index is 1.02. The van der Waals surface area contributed by atoms with Gasteiger partial charge in [-0.25, -0.2) is 0 Å². The van der Waals surface area contributed by atoms with Crippen molar-refractivity contribution < 1.29 is 0 Å². The van der Waals surface area contributed by atoms with Crippen LogP contribution in [0.2, 0.25) is 0 Å². The van der Waals surface area contributed by atoms with Crippen molar-refractivity contribution in [1.82, 2.24) is 8.97 Å². The Bertz CT molecular complexity index is 745. The van der Waals surface area contributed by atoms with Crippen molar-refractivity contribution in [3.05, 3.63) is 59.7 Å². The Hall–Kier alpha value is -1.64. The molecule has 2 aromatic rings. The van der Waals surface area contributed by atoms with E-state index in [1.165, 1.54) is 126 Å². The number of hydrogen-bond acceptors (Lipinski definition) is 0. The second-order valence-corrected chi connectivity index (χ2v) is 12.0. The standard InChI is InChI=1S/C35H60N2/c1-7-11-15-27-36(5,28-16-12-8-2)34-23-19-32(20-24-34)31-33-21-25-35(26-22-33)37(6,29-17-13-9-3)30-18-14-10-4/h19-26H,7-18,27-31H2,1-6H3/q+2. The molecule has 37 heavy (non-hydrogen) atoms. The third-order valence-corrected chi connectivity index (χ3v) is 8.55. The molecule has 0 heterocycles. The Kier molecular flexibility index (Phi) is 14.5. The van der Waals surface area contributed by atoms with Crippen LogP contribution in [0.1, 0.15) is 116 Å². The average molecular weight is 509 g/mol. The normalized spacial score (nSPS) is 12.3. The maximum absolute atomic E-state index is 2.45. The van der Waals surface area contributed by atoms with Gasteiger partial charge in [-0.3, -0.25) is 8.97 Å². The van der Waals surface area contributed by atoms with E-state index in [-0.39, 0.29) is 0 Å². The van der Waals surface area contributed by atoms with Crippen molar-refractivity contribution in [2.75, 3.05) is 40.3 Å². The summed E-state index contributed by atoms with van der Waals surface area (Å²) in [4.78, 5) is 0. The van der Waals surface area contributed by atoms with Crippen LogP contribution >= 0.6 is 0 Å². The van der Waals surface area contributed by atoms with Gasteiger partial charge in [-0.1, -0.05) is 77.6 Å². The molecule has 208 valence electrons. The van der Waals surface area contributed by atoms with Gasteiger partial charge in [0.15, 0.2) is 0 Å². The van der Waals surface area contributed by atoms with Crippen molar-refractivity contribution in [2.24, 2.45) is 0 Å². The molecule has 0 unspecified atom stereocenters. The summed E-state index contributed by atoms with van der Waals surface area (Å²) in [6.45, 7) is 14.3. The lowest BCUT2D eigenvalue weighted by Crippen LogP contribution is -2.46. The highest BCUT2D eigenvalue weighted by Gasteiger charge is 2.25. The molecule has 0 fully saturated rings. The van der Waals surface area contributed by atoms with E-state index in [4.69, 9.17) is 0 Å². The van der Waals surface area contributed by atoms with Crippen molar-refractivity contribution in [3.8, 4) is 0 Å². The molecular weight excluding hydrogens is 448 g/mol. The van der Waals surface area contributed by atoms with Gasteiger partial charge in [0.25, 0.3) is 0 Å². The van der Waals surface area contributed by atoms with Gasteiger partial charge in [0.05, 0.1) is 40.3 Å². The molecule has 0 saturated heterocycles. The van der Waals surface area contributed by atoms with Crippen LogP contribution in [0.5, 0.6) is 0 Å². The Morgan fingerprint density at radius 1 is 0.405 bits per heavy atom. The van der Waals surface area contributed by atoms with Crippen molar-refractivity contribution in [2.45, 2.75) is 111 Å². The van der Waals surface area contributed by atoms with Gasteiger partial charge in [0.1, 0.15) is 11.4 Å². The second-order valence-electron chi connectivity index (χ2n) is 12.0. The van der Waals surface area contributed by atoms with E-state index < -0.39 is 0 Å². The zero-order valence-corrected chi connectivity index (χ0v) is 25.5. The molecule has 0 aliphatic carbocycles. The Labute approximate surface area is 231 Å². The first-order chi connectivity index (χ1) is 17.9. The molecule has 0 radical (unpaired) electrons. The molecule has 0 aliphatic heterocycles. The molecule has 2 heteroatoms. The zero-order chi connectivity index (χ0) is 27.0. The quantitative estimate of drug-likeness (QED) is 0.123. The van der Waals surface area contributed by atoms with Gasteiger partial charge in [0, 0.05) is 0 Å². The van der Waals surface area contributed by atoms with Crippen molar-refractivity contribution in [1.29, 1.82) is 0 Å². The molecule has 0 amide bonds. The Balaban J connectivity index is 2.09. The molecule has 0 aromatic heterocycles. The third-order valence-electron chi connectivity index (χ3n) is 8.55. The van der Waals surface area contributed by atoms with Crippen LogP contribution < -0.4 is 8.97 Å². The predicted octanol–water partition coefficient (Wildman–Crippen LogP) is 9.91. The monoisotopic (exact) mass is 508 g/mol. The number of rotatable bonds is 20. The molecule has 0 aliphatic rings. The molecule has 0 atom stereocenters. The molecule has 0 saturated carbocycles. The minimum atomic E-state index is 1.02. The van der Waals surface area contributed by atoms with Crippen LogP contribution in [0.25, 0.3) is 0 Å². The molecule has 0 N–H and O–H groups in total. The van der Waals surface area contributed by atoms with E-state index in [0.717, 1.165) is 15.4 Å². The highest BCUT2D eigenvalue weighted by Crippen LogP contribution is 2.27. The number of benzene rings is 2. The number of unbranched alkanes of at least 4 members (excludes halogenated alkanes) is 8. The third kappa shape index (κ3) is 10.6. The number of nitrogens with zero attached hydrogens (tertiary/aromatic N) is 2. The van der Waals surface area contributed by atoms with Crippen molar-refractivity contribution in [3.63, 3.8) is 0 Å². The molecule has 0 spiro atoms. The van der Waals surface area contributed by atoms with Gasteiger partial charge < -0.3 is 0 Å². The molecular formula is C35H60N2+2. The van der Waals surface area contributed by atoms with Crippen LogP contribution in [-0.2, 0) is 6.42 Å². The fourth-order valence-electron chi connectivity index (χ4n) is 5.77. The van der Waals surface area contributed by atoms with Crippen LogP contribution in [0, 0.1) is 0 Å². The first-order valence-electron chi connectivity index (χ1n) is 15.8. The second kappa shape index (κ2) is 17.0. The van der Waals surface area contributed by atoms with E-state index >= 15 is 0 Å². The van der Waals surface area contributed by atoms with Crippen LogP contribution in [0.4, 0.5) is 11.4 Å². The molecule has 2 aromatic carbocycles.